The van der Waals surface area contributed by atoms with Crippen LogP contribution >= 0.6 is 0 Å². The first-order chi connectivity index (χ1) is 9.77. The fourth-order valence-electron chi connectivity index (χ4n) is 1.83. The van der Waals surface area contributed by atoms with E-state index in [-0.39, 0.29) is 6.54 Å². The van der Waals surface area contributed by atoms with E-state index in [9.17, 15) is 28.5 Å². The summed E-state index contributed by atoms with van der Waals surface area (Å²) < 4.78 is 27.0. The van der Waals surface area contributed by atoms with E-state index in [4.69, 9.17) is 5.11 Å². The van der Waals surface area contributed by atoms with Gasteiger partial charge >= 0.3 is 11.7 Å². The van der Waals surface area contributed by atoms with Gasteiger partial charge in [0.05, 0.1) is 22.0 Å². The molecule has 1 aromatic carbocycles. The van der Waals surface area contributed by atoms with Crippen molar-refractivity contribution in [2.45, 2.75) is 12.8 Å². The van der Waals surface area contributed by atoms with Crippen molar-refractivity contribution in [1.82, 2.24) is 5.32 Å². The number of hydrogen-bond acceptors (Lipinski definition) is 4. The molecule has 0 spiro atoms. The highest BCUT2D eigenvalue weighted by molar-refractivity contribution is 5.95. The van der Waals surface area contributed by atoms with Crippen molar-refractivity contribution in [3.63, 3.8) is 0 Å². The fraction of sp³-hybridized carbons (Fsp3) is 0.333. The Kier molecular flexibility index (Phi) is 3.58. The van der Waals surface area contributed by atoms with Crippen molar-refractivity contribution in [2.24, 2.45) is 5.41 Å². The maximum atomic E-state index is 13.8. The Bertz CT molecular complexity index is 643. The molecule has 112 valence electrons. The quantitative estimate of drug-likeness (QED) is 0.632. The third-order valence-corrected chi connectivity index (χ3v) is 3.35. The van der Waals surface area contributed by atoms with E-state index in [0.29, 0.717) is 25.0 Å². The van der Waals surface area contributed by atoms with Crippen LogP contribution in [0.25, 0.3) is 0 Å². The average molecular weight is 300 g/mol. The van der Waals surface area contributed by atoms with Crippen molar-refractivity contribution in [3.8, 4) is 0 Å². The second-order valence-electron chi connectivity index (χ2n) is 4.81. The monoisotopic (exact) mass is 300 g/mol. The number of carboxylic acids is 1. The summed E-state index contributed by atoms with van der Waals surface area (Å²) in [6.45, 7) is -0.245. The zero-order valence-electron chi connectivity index (χ0n) is 10.6. The lowest BCUT2D eigenvalue weighted by Crippen LogP contribution is -2.34. The second kappa shape index (κ2) is 5.08. The topological polar surface area (TPSA) is 110 Å². The fourth-order valence-corrected chi connectivity index (χ4v) is 1.83. The van der Waals surface area contributed by atoms with Gasteiger partial charge in [-0.2, -0.15) is 4.39 Å². The molecule has 2 rings (SSSR count). The molecule has 0 saturated heterocycles. The van der Waals surface area contributed by atoms with Crippen molar-refractivity contribution >= 4 is 17.6 Å². The number of amides is 1. The van der Waals surface area contributed by atoms with E-state index >= 15 is 0 Å². The molecule has 2 N–H and O–H groups in total. The summed E-state index contributed by atoms with van der Waals surface area (Å²) in [5.41, 5.74) is -3.06. The van der Waals surface area contributed by atoms with Crippen LogP contribution in [0.5, 0.6) is 0 Å². The van der Waals surface area contributed by atoms with Gasteiger partial charge in [-0.25, -0.2) is 4.39 Å². The third kappa shape index (κ3) is 2.81. The Labute approximate surface area is 116 Å². The number of aliphatic carboxylic acids is 1. The van der Waals surface area contributed by atoms with Gasteiger partial charge in [-0.05, 0) is 18.9 Å². The first kappa shape index (κ1) is 14.8. The van der Waals surface area contributed by atoms with Crippen molar-refractivity contribution in [3.05, 3.63) is 39.4 Å². The molecule has 21 heavy (non-hydrogen) atoms. The molecule has 0 atom stereocenters. The molecule has 9 heteroatoms. The van der Waals surface area contributed by atoms with Gasteiger partial charge < -0.3 is 10.4 Å². The molecule has 0 radical (unpaired) electrons. The van der Waals surface area contributed by atoms with Crippen LogP contribution in [0.1, 0.15) is 23.2 Å². The van der Waals surface area contributed by atoms with Gasteiger partial charge in [0.25, 0.3) is 5.91 Å². The molecule has 0 aromatic heterocycles. The summed E-state index contributed by atoms with van der Waals surface area (Å²) in [6, 6.07) is 0.893. The van der Waals surface area contributed by atoms with Crippen molar-refractivity contribution in [2.75, 3.05) is 6.54 Å². The van der Waals surface area contributed by atoms with Crippen LogP contribution in [-0.2, 0) is 4.79 Å². The smallest absolute Gasteiger partial charge is 0.311 e. The minimum absolute atomic E-state index is 0.245. The molecular weight excluding hydrogens is 290 g/mol. The second-order valence-corrected chi connectivity index (χ2v) is 4.81. The first-order valence-electron chi connectivity index (χ1n) is 5.92. The third-order valence-electron chi connectivity index (χ3n) is 3.35. The maximum Gasteiger partial charge on any atom is 0.311 e. The number of benzene rings is 1. The molecule has 0 bridgehead atoms. The Morgan fingerprint density at radius 2 is 2.00 bits per heavy atom. The molecule has 0 aliphatic heterocycles. The van der Waals surface area contributed by atoms with Gasteiger partial charge in [0, 0.05) is 6.54 Å². The molecule has 7 nitrogen and oxygen atoms in total. The Hall–Kier alpha value is -2.58. The summed E-state index contributed by atoms with van der Waals surface area (Å²) >= 11 is 0. The van der Waals surface area contributed by atoms with Crippen LogP contribution in [-0.4, -0.2) is 28.5 Å². The molecular formula is C12H10F2N2O5. The molecule has 1 saturated carbocycles. The minimum atomic E-state index is -1.46. The predicted molar refractivity (Wildman–Crippen MR) is 64.6 cm³/mol. The van der Waals surface area contributed by atoms with Gasteiger partial charge in [-0.15, -0.1) is 0 Å². The summed E-state index contributed by atoms with van der Waals surface area (Å²) in [7, 11) is 0. The maximum absolute atomic E-state index is 13.8. The van der Waals surface area contributed by atoms with Crippen LogP contribution in [0.4, 0.5) is 14.5 Å². The lowest BCUT2D eigenvalue weighted by Gasteiger charge is -2.11. The van der Waals surface area contributed by atoms with Crippen molar-refractivity contribution in [1.29, 1.82) is 0 Å². The number of carbonyl (C=O) groups is 2. The number of halogens is 2. The van der Waals surface area contributed by atoms with E-state index in [2.05, 4.69) is 5.32 Å². The summed E-state index contributed by atoms with van der Waals surface area (Å²) in [4.78, 5) is 32.1. The lowest BCUT2D eigenvalue weighted by molar-refractivity contribution is -0.387. The highest BCUT2D eigenvalue weighted by Crippen LogP contribution is 2.45. The molecule has 1 aliphatic carbocycles. The number of carboxylic acid groups (broad SMARTS) is 1. The van der Waals surface area contributed by atoms with Crippen LogP contribution in [0, 0.1) is 27.2 Å². The summed E-state index contributed by atoms with van der Waals surface area (Å²) in [5.74, 6) is -4.78. The van der Waals surface area contributed by atoms with Crippen LogP contribution in [0.2, 0.25) is 0 Å². The molecule has 1 aliphatic rings. The number of nitro groups is 1. The Morgan fingerprint density at radius 1 is 1.38 bits per heavy atom. The van der Waals surface area contributed by atoms with Crippen LogP contribution in [0.3, 0.4) is 0 Å². The van der Waals surface area contributed by atoms with Crippen molar-refractivity contribution < 1.29 is 28.4 Å². The normalized spacial score (nSPS) is 15.3. The van der Waals surface area contributed by atoms with E-state index in [1.165, 1.54) is 0 Å². The van der Waals surface area contributed by atoms with Gasteiger partial charge in [0.2, 0.25) is 5.82 Å². The summed E-state index contributed by atoms with van der Waals surface area (Å²) in [5, 5.41) is 21.7. The highest BCUT2D eigenvalue weighted by atomic mass is 19.1. The number of hydrogen-bond donors (Lipinski definition) is 2. The first-order valence-corrected chi connectivity index (χ1v) is 5.92. The molecule has 1 fully saturated rings. The molecule has 1 amide bonds. The van der Waals surface area contributed by atoms with Crippen LogP contribution in [0.15, 0.2) is 12.1 Å². The zero-order chi connectivity index (χ0) is 15.8. The molecule has 0 unspecified atom stereocenters. The van der Waals surface area contributed by atoms with E-state index < -0.39 is 45.1 Å². The number of carbonyl (C=O) groups excluding carboxylic acids is 1. The largest absolute Gasteiger partial charge is 0.481 e. The van der Waals surface area contributed by atoms with Gasteiger partial charge in [0.15, 0.2) is 0 Å². The lowest BCUT2D eigenvalue weighted by atomic mass is 10.1. The van der Waals surface area contributed by atoms with Gasteiger partial charge in [-0.1, -0.05) is 0 Å². The van der Waals surface area contributed by atoms with E-state index in [1.54, 1.807) is 0 Å². The number of nitro benzene ring substituents is 1. The highest BCUT2D eigenvalue weighted by Gasteiger charge is 2.50. The Balaban J connectivity index is 2.20. The Morgan fingerprint density at radius 3 is 2.48 bits per heavy atom. The zero-order valence-corrected chi connectivity index (χ0v) is 10.6. The standard InChI is InChI=1S/C12H10F2N2O5/c13-6-3-7(9(14)8(4-6)16(20)21)10(17)15-5-12(1-2-12)11(18)19/h3-4H,1-2,5H2,(H,15,17)(H,18,19). The van der Waals surface area contributed by atoms with Gasteiger partial charge in [-0.3, -0.25) is 19.7 Å². The van der Waals surface area contributed by atoms with Gasteiger partial charge in [0.1, 0.15) is 5.82 Å². The predicted octanol–water partition coefficient (Wildman–Crippen LogP) is 1.47. The minimum Gasteiger partial charge on any atom is -0.481 e. The van der Waals surface area contributed by atoms with E-state index in [0.717, 1.165) is 0 Å². The number of nitrogens with one attached hydrogen (secondary N) is 1. The SMILES string of the molecule is O=C(NCC1(C(=O)O)CC1)c1cc(F)cc([N+](=O)[O-])c1F. The number of nitrogens with zero attached hydrogens (tertiary/aromatic N) is 1. The summed E-state index contributed by atoms with van der Waals surface area (Å²) in [6.07, 6.45) is 0.739. The van der Waals surface area contributed by atoms with E-state index in [1.807, 2.05) is 0 Å². The van der Waals surface area contributed by atoms with Crippen LogP contribution < -0.4 is 5.32 Å². The number of rotatable bonds is 5. The molecule has 1 aromatic rings. The molecule has 0 heterocycles. The average Bonchev–Trinajstić information content (AvgIpc) is 3.19.